The van der Waals surface area contributed by atoms with Gasteiger partial charge in [-0.25, -0.2) is 9.97 Å². The van der Waals surface area contributed by atoms with Crippen LogP contribution in [0.4, 0.5) is 5.82 Å². The molecule has 2 aliphatic rings. The van der Waals surface area contributed by atoms with Crippen LogP contribution in [0.15, 0.2) is 73.1 Å². The lowest BCUT2D eigenvalue weighted by atomic mass is 9.96. The third-order valence-corrected chi connectivity index (χ3v) is 6.67. The number of carbonyl (C=O) groups excluding carboxylic acids is 1. The van der Waals surface area contributed by atoms with Crippen molar-refractivity contribution in [2.24, 2.45) is 11.8 Å². The molecule has 0 spiro atoms. The molecule has 0 bridgehead atoms. The Bertz CT molecular complexity index is 1370. The number of carbonyl (C=O) groups is 1. The molecule has 2 aromatic heterocycles. The van der Waals surface area contributed by atoms with Crippen molar-refractivity contribution >= 4 is 11.7 Å². The SMILES string of the molecule is CC1CC1C(=O)Nc1cc(Oc2ccc3c(c2)CC(c2ncc(-c4ccccc4)[nH]2)CO3)ccn1. The molecule has 1 fully saturated rings. The molecule has 0 radical (unpaired) electrons. The van der Waals surface area contributed by atoms with Crippen LogP contribution in [-0.4, -0.2) is 27.5 Å². The molecule has 4 aromatic rings. The number of benzene rings is 2. The van der Waals surface area contributed by atoms with Crippen LogP contribution in [0, 0.1) is 11.8 Å². The summed E-state index contributed by atoms with van der Waals surface area (Å²) in [4.78, 5) is 24.6. The zero-order chi connectivity index (χ0) is 23.8. The summed E-state index contributed by atoms with van der Waals surface area (Å²) in [6.45, 7) is 2.65. The number of nitrogens with one attached hydrogen (secondary N) is 2. The summed E-state index contributed by atoms with van der Waals surface area (Å²) in [5.74, 6) is 4.29. The summed E-state index contributed by atoms with van der Waals surface area (Å²) in [6.07, 6.45) is 5.25. The van der Waals surface area contributed by atoms with Crippen molar-refractivity contribution in [1.82, 2.24) is 15.0 Å². The second-order valence-electron chi connectivity index (χ2n) is 9.32. The first-order valence-electron chi connectivity index (χ1n) is 11.9. The molecular weight excluding hydrogens is 440 g/mol. The fourth-order valence-corrected chi connectivity index (χ4v) is 4.50. The molecule has 176 valence electrons. The Morgan fingerprint density at radius 3 is 2.74 bits per heavy atom. The molecule has 3 atom stereocenters. The van der Waals surface area contributed by atoms with E-state index in [1.54, 1.807) is 18.3 Å². The minimum absolute atomic E-state index is 0.0208. The van der Waals surface area contributed by atoms with Gasteiger partial charge >= 0.3 is 0 Å². The molecule has 2 aromatic carbocycles. The van der Waals surface area contributed by atoms with Crippen molar-refractivity contribution in [1.29, 1.82) is 0 Å². The topological polar surface area (TPSA) is 89.1 Å². The summed E-state index contributed by atoms with van der Waals surface area (Å²) in [5, 5.41) is 2.89. The molecule has 1 saturated carbocycles. The van der Waals surface area contributed by atoms with Gasteiger partial charge in [0.05, 0.1) is 24.4 Å². The number of hydrogen-bond acceptors (Lipinski definition) is 5. The van der Waals surface area contributed by atoms with E-state index in [4.69, 9.17) is 9.47 Å². The van der Waals surface area contributed by atoms with Crippen molar-refractivity contribution in [3.8, 4) is 28.5 Å². The van der Waals surface area contributed by atoms with Gasteiger partial charge < -0.3 is 19.8 Å². The lowest BCUT2D eigenvalue weighted by Gasteiger charge is -2.24. The molecule has 6 rings (SSSR count). The maximum absolute atomic E-state index is 12.2. The maximum atomic E-state index is 12.2. The highest BCUT2D eigenvalue weighted by molar-refractivity contribution is 5.93. The normalized spacial score (nSPS) is 20.4. The quantitative estimate of drug-likeness (QED) is 0.387. The number of imidazole rings is 1. The number of amides is 1. The van der Waals surface area contributed by atoms with Gasteiger partial charge in [0.15, 0.2) is 0 Å². The largest absolute Gasteiger partial charge is 0.493 e. The van der Waals surface area contributed by atoms with Crippen molar-refractivity contribution in [2.75, 3.05) is 11.9 Å². The van der Waals surface area contributed by atoms with Gasteiger partial charge in [-0.15, -0.1) is 0 Å². The van der Waals surface area contributed by atoms with Gasteiger partial charge in [-0.2, -0.15) is 0 Å². The molecule has 3 heterocycles. The maximum Gasteiger partial charge on any atom is 0.228 e. The summed E-state index contributed by atoms with van der Waals surface area (Å²) >= 11 is 0. The first-order chi connectivity index (χ1) is 17.1. The third-order valence-electron chi connectivity index (χ3n) is 6.67. The first kappa shape index (κ1) is 21.4. The second-order valence-corrected chi connectivity index (χ2v) is 9.32. The lowest BCUT2D eigenvalue weighted by Crippen LogP contribution is -2.20. The highest BCUT2D eigenvalue weighted by Gasteiger charge is 2.39. The Labute approximate surface area is 203 Å². The van der Waals surface area contributed by atoms with Crippen LogP contribution in [0.5, 0.6) is 17.2 Å². The van der Waals surface area contributed by atoms with Gasteiger partial charge in [-0.3, -0.25) is 4.79 Å². The third kappa shape index (κ3) is 4.62. The summed E-state index contributed by atoms with van der Waals surface area (Å²) in [6, 6.07) is 19.5. The number of fused-ring (bicyclic) bond motifs is 1. The van der Waals surface area contributed by atoms with Crippen LogP contribution in [0.3, 0.4) is 0 Å². The van der Waals surface area contributed by atoms with E-state index in [2.05, 4.69) is 39.3 Å². The van der Waals surface area contributed by atoms with Crippen LogP contribution in [0.25, 0.3) is 11.3 Å². The average molecular weight is 467 g/mol. The predicted octanol–water partition coefficient (Wildman–Crippen LogP) is 5.58. The van der Waals surface area contributed by atoms with Crippen molar-refractivity contribution in [2.45, 2.75) is 25.7 Å². The molecule has 1 amide bonds. The zero-order valence-electron chi connectivity index (χ0n) is 19.4. The number of ether oxygens (including phenoxy) is 2. The predicted molar refractivity (Wildman–Crippen MR) is 133 cm³/mol. The summed E-state index contributed by atoms with van der Waals surface area (Å²) in [7, 11) is 0. The number of nitrogens with zero attached hydrogens (tertiary/aromatic N) is 2. The highest BCUT2D eigenvalue weighted by atomic mass is 16.5. The number of anilines is 1. The first-order valence-corrected chi connectivity index (χ1v) is 11.9. The van der Waals surface area contributed by atoms with Crippen LogP contribution < -0.4 is 14.8 Å². The van der Waals surface area contributed by atoms with E-state index < -0.39 is 0 Å². The van der Waals surface area contributed by atoms with E-state index in [0.29, 0.717) is 29.8 Å². The Balaban J connectivity index is 1.15. The van der Waals surface area contributed by atoms with E-state index in [1.807, 2.05) is 42.6 Å². The minimum atomic E-state index is 0.0208. The number of aromatic amines is 1. The number of H-pyrrole nitrogens is 1. The molecule has 3 unspecified atom stereocenters. The van der Waals surface area contributed by atoms with Crippen LogP contribution >= 0.6 is 0 Å². The van der Waals surface area contributed by atoms with Crippen LogP contribution in [0.1, 0.15) is 30.7 Å². The van der Waals surface area contributed by atoms with Crippen LogP contribution in [0.2, 0.25) is 0 Å². The highest BCUT2D eigenvalue weighted by Crippen LogP contribution is 2.39. The van der Waals surface area contributed by atoms with Gasteiger partial charge in [0, 0.05) is 18.2 Å². The minimum Gasteiger partial charge on any atom is -0.493 e. The fourth-order valence-electron chi connectivity index (χ4n) is 4.50. The molecular formula is C28H26N4O3. The van der Waals surface area contributed by atoms with E-state index in [-0.39, 0.29) is 17.7 Å². The average Bonchev–Trinajstić information content (AvgIpc) is 3.41. The van der Waals surface area contributed by atoms with Gasteiger partial charge in [0.25, 0.3) is 0 Å². The molecule has 7 nitrogen and oxygen atoms in total. The molecule has 7 heteroatoms. The van der Waals surface area contributed by atoms with Gasteiger partial charge in [0.2, 0.25) is 5.91 Å². The molecule has 2 N–H and O–H groups in total. The standard InChI is InChI=1S/C28H26N4O3/c1-17-11-23(17)28(33)32-26-14-22(9-10-29-26)35-21-7-8-25-19(13-21)12-20(16-34-25)27-30-15-24(31-27)18-5-3-2-4-6-18/h2-10,13-15,17,20,23H,11-12,16H2,1H3,(H,30,31)(H,29,32,33). The Hall–Kier alpha value is -4.13. The van der Waals surface area contributed by atoms with Gasteiger partial charge in [0.1, 0.15) is 28.9 Å². The molecule has 1 aliphatic heterocycles. The van der Waals surface area contributed by atoms with E-state index in [1.165, 1.54) is 0 Å². The Kier molecular flexibility index (Phi) is 5.45. The number of aromatic nitrogens is 3. The summed E-state index contributed by atoms with van der Waals surface area (Å²) < 4.78 is 12.1. The smallest absolute Gasteiger partial charge is 0.228 e. The fraction of sp³-hybridized carbons (Fsp3) is 0.250. The van der Waals surface area contributed by atoms with Crippen molar-refractivity contribution < 1.29 is 14.3 Å². The Morgan fingerprint density at radius 1 is 1.09 bits per heavy atom. The Morgan fingerprint density at radius 2 is 1.91 bits per heavy atom. The van der Waals surface area contributed by atoms with Gasteiger partial charge in [-0.1, -0.05) is 37.3 Å². The van der Waals surface area contributed by atoms with Gasteiger partial charge in [-0.05, 0) is 54.2 Å². The monoisotopic (exact) mass is 466 g/mol. The number of pyridine rings is 1. The van der Waals surface area contributed by atoms with E-state index >= 15 is 0 Å². The van der Waals surface area contributed by atoms with Crippen LogP contribution in [-0.2, 0) is 11.2 Å². The molecule has 1 aliphatic carbocycles. The number of rotatable bonds is 6. The van der Waals surface area contributed by atoms with E-state index in [0.717, 1.165) is 41.2 Å². The van der Waals surface area contributed by atoms with E-state index in [9.17, 15) is 4.79 Å². The van der Waals surface area contributed by atoms with Crippen molar-refractivity contribution in [3.63, 3.8) is 0 Å². The lowest BCUT2D eigenvalue weighted by molar-refractivity contribution is -0.117. The second kappa shape index (κ2) is 8.91. The zero-order valence-corrected chi connectivity index (χ0v) is 19.4. The number of hydrogen-bond donors (Lipinski definition) is 2. The van der Waals surface area contributed by atoms with Crippen molar-refractivity contribution in [3.05, 3.63) is 84.4 Å². The molecule has 35 heavy (non-hydrogen) atoms. The molecule has 0 saturated heterocycles. The summed E-state index contributed by atoms with van der Waals surface area (Å²) in [5.41, 5.74) is 3.18.